The molecule has 1 aliphatic carbocycles. The number of hydrogen-bond acceptors (Lipinski definition) is 2. The topological polar surface area (TPSA) is 66.4 Å². The number of carbonyl (C=O) groups excluding carboxylic acids is 1. The number of aromatic carboxylic acids is 1. The van der Waals surface area contributed by atoms with E-state index >= 15 is 0 Å². The Hall–Kier alpha value is -1.84. The van der Waals surface area contributed by atoms with Crippen LogP contribution in [-0.2, 0) is 4.79 Å². The third-order valence-electron chi connectivity index (χ3n) is 3.19. The quantitative estimate of drug-likeness (QED) is 0.841. The molecular formula is C13H15NO3. The van der Waals surface area contributed by atoms with Crippen LogP contribution in [0.5, 0.6) is 0 Å². The van der Waals surface area contributed by atoms with Crippen molar-refractivity contribution >= 4 is 17.6 Å². The fraction of sp³-hybridized carbons (Fsp3) is 0.385. The number of benzene rings is 1. The standard InChI is InChI=1S/C13H15NO3/c1-7-4-3-5-10(11(7)13(16)17)14-12(15)9-6-8(9)2/h3-5,8-9H,6H2,1-2H3,(H,14,15)(H,16,17). The summed E-state index contributed by atoms with van der Waals surface area (Å²) in [5.41, 5.74) is 1.22. The van der Waals surface area contributed by atoms with Gasteiger partial charge in [0.2, 0.25) is 5.91 Å². The number of amides is 1. The fourth-order valence-corrected chi connectivity index (χ4v) is 1.97. The fourth-order valence-electron chi connectivity index (χ4n) is 1.97. The second-order valence-electron chi connectivity index (χ2n) is 4.61. The van der Waals surface area contributed by atoms with Gasteiger partial charge in [-0.25, -0.2) is 4.79 Å². The molecule has 4 nitrogen and oxygen atoms in total. The van der Waals surface area contributed by atoms with Crippen LogP contribution in [-0.4, -0.2) is 17.0 Å². The Bertz CT molecular complexity index is 482. The van der Waals surface area contributed by atoms with Crippen molar-refractivity contribution < 1.29 is 14.7 Å². The summed E-state index contributed by atoms with van der Waals surface area (Å²) in [7, 11) is 0. The average Bonchev–Trinajstić information content (AvgIpc) is 2.95. The number of hydrogen-bond donors (Lipinski definition) is 2. The van der Waals surface area contributed by atoms with E-state index < -0.39 is 5.97 Å². The van der Waals surface area contributed by atoms with Gasteiger partial charge in [0, 0.05) is 5.92 Å². The van der Waals surface area contributed by atoms with Crippen LogP contribution < -0.4 is 5.32 Å². The van der Waals surface area contributed by atoms with Crippen LogP contribution in [0.3, 0.4) is 0 Å². The van der Waals surface area contributed by atoms with Crippen molar-refractivity contribution in [3.8, 4) is 0 Å². The van der Waals surface area contributed by atoms with Crippen molar-refractivity contribution in [1.82, 2.24) is 0 Å². The van der Waals surface area contributed by atoms with Gasteiger partial charge in [-0.05, 0) is 30.9 Å². The van der Waals surface area contributed by atoms with Gasteiger partial charge >= 0.3 is 5.97 Å². The zero-order chi connectivity index (χ0) is 12.6. The van der Waals surface area contributed by atoms with Crippen LogP contribution in [0.1, 0.15) is 29.3 Å². The monoisotopic (exact) mass is 233 g/mol. The Morgan fingerprint density at radius 3 is 2.59 bits per heavy atom. The number of nitrogens with one attached hydrogen (secondary N) is 1. The second kappa shape index (κ2) is 4.20. The van der Waals surface area contributed by atoms with Gasteiger partial charge in [0.15, 0.2) is 0 Å². The van der Waals surface area contributed by atoms with Crippen molar-refractivity contribution in [3.05, 3.63) is 29.3 Å². The molecule has 4 heteroatoms. The van der Waals surface area contributed by atoms with Gasteiger partial charge in [-0.1, -0.05) is 19.1 Å². The van der Waals surface area contributed by atoms with Crippen molar-refractivity contribution in [2.45, 2.75) is 20.3 Å². The molecule has 0 saturated heterocycles. The first kappa shape index (κ1) is 11.6. The zero-order valence-corrected chi connectivity index (χ0v) is 9.86. The molecule has 0 radical (unpaired) electrons. The van der Waals surface area contributed by atoms with Gasteiger partial charge < -0.3 is 10.4 Å². The van der Waals surface area contributed by atoms with Crippen LogP contribution in [0.15, 0.2) is 18.2 Å². The first-order valence-corrected chi connectivity index (χ1v) is 5.64. The van der Waals surface area contributed by atoms with E-state index in [-0.39, 0.29) is 17.4 Å². The molecule has 1 saturated carbocycles. The molecule has 2 rings (SSSR count). The van der Waals surface area contributed by atoms with Crippen LogP contribution in [0.2, 0.25) is 0 Å². The van der Waals surface area contributed by atoms with Gasteiger partial charge in [-0.3, -0.25) is 4.79 Å². The molecular weight excluding hydrogens is 218 g/mol. The molecule has 0 aliphatic heterocycles. The number of carboxylic acid groups (broad SMARTS) is 1. The van der Waals surface area contributed by atoms with E-state index in [2.05, 4.69) is 5.32 Å². The van der Waals surface area contributed by atoms with Crippen LogP contribution in [0, 0.1) is 18.8 Å². The molecule has 2 unspecified atom stereocenters. The molecule has 17 heavy (non-hydrogen) atoms. The van der Waals surface area contributed by atoms with E-state index in [9.17, 15) is 9.59 Å². The lowest BCUT2D eigenvalue weighted by atomic mass is 10.1. The molecule has 0 bridgehead atoms. The van der Waals surface area contributed by atoms with E-state index in [1.807, 2.05) is 6.92 Å². The van der Waals surface area contributed by atoms with E-state index in [0.29, 0.717) is 17.2 Å². The first-order valence-electron chi connectivity index (χ1n) is 5.64. The van der Waals surface area contributed by atoms with Crippen LogP contribution >= 0.6 is 0 Å². The Morgan fingerprint density at radius 1 is 1.41 bits per heavy atom. The normalized spacial score (nSPS) is 22.0. The molecule has 1 aromatic rings. The molecule has 0 aromatic heterocycles. The number of carboxylic acids is 1. The minimum absolute atomic E-state index is 0.0390. The van der Waals surface area contributed by atoms with Gasteiger partial charge in [0.05, 0.1) is 11.3 Å². The lowest BCUT2D eigenvalue weighted by molar-refractivity contribution is -0.117. The van der Waals surface area contributed by atoms with Crippen molar-refractivity contribution in [2.24, 2.45) is 11.8 Å². The molecule has 1 aromatic carbocycles. The summed E-state index contributed by atoms with van der Waals surface area (Å²) >= 11 is 0. The van der Waals surface area contributed by atoms with E-state index in [1.165, 1.54) is 0 Å². The molecule has 1 amide bonds. The molecule has 0 spiro atoms. The van der Waals surface area contributed by atoms with Crippen LogP contribution in [0.4, 0.5) is 5.69 Å². The molecule has 90 valence electrons. The van der Waals surface area contributed by atoms with Gasteiger partial charge in [0.1, 0.15) is 0 Å². The first-order chi connectivity index (χ1) is 8.00. The Morgan fingerprint density at radius 2 is 2.06 bits per heavy atom. The van der Waals surface area contributed by atoms with Gasteiger partial charge in [0.25, 0.3) is 0 Å². The Kier molecular flexibility index (Phi) is 2.88. The highest BCUT2D eigenvalue weighted by atomic mass is 16.4. The Balaban J connectivity index is 2.23. The molecule has 0 heterocycles. The number of rotatable bonds is 3. The summed E-state index contributed by atoms with van der Waals surface area (Å²) in [6, 6.07) is 5.09. The maximum absolute atomic E-state index is 11.8. The summed E-state index contributed by atoms with van der Waals surface area (Å²) in [5, 5.41) is 11.8. The average molecular weight is 233 g/mol. The van der Waals surface area contributed by atoms with Gasteiger partial charge in [-0.2, -0.15) is 0 Å². The highest BCUT2D eigenvalue weighted by molar-refractivity contribution is 6.02. The number of anilines is 1. The third kappa shape index (κ3) is 2.30. The minimum Gasteiger partial charge on any atom is -0.478 e. The second-order valence-corrected chi connectivity index (χ2v) is 4.61. The lowest BCUT2D eigenvalue weighted by Gasteiger charge is -2.10. The number of carbonyl (C=O) groups is 2. The van der Waals surface area contributed by atoms with Crippen molar-refractivity contribution in [1.29, 1.82) is 0 Å². The summed E-state index contributed by atoms with van der Waals surface area (Å²) in [6.45, 7) is 3.73. The predicted octanol–water partition coefficient (Wildman–Crippen LogP) is 2.29. The smallest absolute Gasteiger partial charge is 0.338 e. The molecule has 2 N–H and O–H groups in total. The maximum atomic E-state index is 11.8. The SMILES string of the molecule is Cc1cccc(NC(=O)C2CC2C)c1C(=O)O. The highest BCUT2D eigenvalue weighted by Crippen LogP contribution is 2.38. The summed E-state index contributed by atoms with van der Waals surface area (Å²) in [4.78, 5) is 22.9. The van der Waals surface area contributed by atoms with E-state index in [0.717, 1.165) is 6.42 Å². The zero-order valence-electron chi connectivity index (χ0n) is 9.86. The predicted molar refractivity (Wildman–Crippen MR) is 64.0 cm³/mol. The molecule has 1 aliphatic rings. The van der Waals surface area contributed by atoms with E-state index in [4.69, 9.17) is 5.11 Å². The number of aryl methyl sites for hydroxylation is 1. The van der Waals surface area contributed by atoms with E-state index in [1.54, 1.807) is 25.1 Å². The van der Waals surface area contributed by atoms with Crippen molar-refractivity contribution in [3.63, 3.8) is 0 Å². The lowest BCUT2D eigenvalue weighted by Crippen LogP contribution is -2.17. The minimum atomic E-state index is -1.01. The van der Waals surface area contributed by atoms with Gasteiger partial charge in [-0.15, -0.1) is 0 Å². The third-order valence-corrected chi connectivity index (χ3v) is 3.19. The summed E-state index contributed by atoms with van der Waals surface area (Å²) < 4.78 is 0. The summed E-state index contributed by atoms with van der Waals surface area (Å²) in [6.07, 6.45) is 0.889. The van der Waals surface area contributed by atoms with Crippen molar-refractivity contribution in [2.75, 3.05) is 5.32 Å². The Labute approximate surface area is 99.6 Å². The molecule has 2 atom stereocenters. The van der Waals surface area contributed by atoms with Crippen LogP contribution in [0.25, 0.3) is 0 Å². The maximum Gasteiger partial charge on any atom is 0.338 e. The summed E-state index contributed by atoms with van der Waals surface area (Å²) in [5.74, 6) is -0.641. The highest BCUT2D eigenvalue weighted by Gasteiger charge is 2.39. The largest absolute Gasteiger partial charge is 0.478 e. The molecule has 1 fully saturated rings.